The van der Waals surface area contributed by atoms with E-state index in [1.807, 2.05) is 0 Å². The standard InChI is InChI=1S/C16H31NOSi/c1-19(2,3)18-16(15-17)13-11-9-7-5-4-6-8-10-12-14-16/h4-14H2,1-3H3. The third kappa shape index (κ3) is 7.13. The first-order valence-electron chi connectivity index (χ1n) is 8.09. The Morgan fingerprint density at radius 3 is 1.47 bits per heavy atom. The molecular weight excluding hydrogens is 250 g/mol. The lowest BCUT2D eigenvalue weighted by Crippen LogP contribution is -2.42. The molecule has 0 aromatic rings. The molecule has 3 heteroatoms. The average Bonchev–Trinajstić information content (AvgIpc) is 2.31. The normalized spacial score (nSPS) is 22.8. The van der Waals surface area contributed by atoms with Crippen LogP contribution in [0.1, 0.15) is 70.6 Å². The minimum atomic E-state index is -1.65. The largest absolute Gasteiger partial charge is 0.400 e. The first kappa shape index (κ1) is 16.7. The summed E-state index contributed by atoms with van der Waals surface area (Å²) in [5.74, 6) is 0. The zero-order chi connectivity index (χ0) is 14.2. The Morgan fingerprint density at radius 1 is 0.789 bits per heavy atom. The lowest BCUT2D eigenvalue weighted by molar-refractivity contribution is 0.0928. The summed E-state index contributed by atoms with van der Waals surface area (Å²) in [7, 11) is -1.65. The number of nitriles is 1. The van der Waals surface area contributed by atoms with Crippen LogP contribution in [0.5, 0.6) is 0 Å². The molecule has 0 spiro atoms. The van der Waals surface area contributed by atoms with Crippen molar-refractivity contribution in [1.82, 2.24) is 0 Å². The van der Waals surface area contributed by atoms with Crippen molar-refractivity contribution in [3.05, 3.63) is 0 Å². The lowest BCUT2D eigenvalue weighted by Gasteiger charge is -2.34. The van der Waals surface area contributed by atoms with Gasteiger partial charge in [-0.05, 0) is 45.3 Å². The van der Waals surface area contributed by atoms with Crippen molar-refractivity contribution < 1.29 is 4.43 Å². The molecule has 0 unspecified atom stereocenters. The van der Waals surface area contributed by atoms with Crippen LogP contribution in [0.4, 0.5) is 0 Å². The van der Waals surface area contributed by atoms with Gasteiger partial charge in [0.1, 0.15) is 5.60 Å². The minimum Gasteiger partial charge on any atom is -0.400 e. The van der Waals surface area contributed by atoms with Crippen LogP contribution in [0, 0.1) is 11.3 Å². The van der Waals surface area contributed by atoms with Crippen molar-refractivity contribution in [3.8, 4) is 6.07 Å². The van der Waals surface area contributed by atoms with Crippen LogP contribution in [-0.2, 0) is 4.43 Å². The van der Waals surface area contributed by atoms with Gasteiger partial charge in [0.05, 0.1) is 6.07 Å². The summed E-state index contributed by atoms with van der Waals surface area (Å²) < 4.78 is 6.30. The fourth-order valence-electron chi connectivity index (χ4n) is 3.01. The SMILES string of the molecule is C[Si](C)(C)OC1(C#N)CCCCCCCCCCC1. The molecule has 1 saturated carbocycles. The molecule has 110 valence electrons. The van der Waals surface area contributed by atoms with Crippen molar-refractivity contribution in [2.24, 2.45) is 0 Å². The summed E-state index contributed by atoms with van der Waals surface area (Å²) in [6.45, 7) is 6.59. The van der Waals surface area contributed by atoms with Gasteiger partial charge >= 0.3 is 0 Å². The maximum atomic E-state index is 9.66. The maximum absolute atomic E-state index is 9.66. The highest BCUT2D eigenvalue weighted by atomic mass is 28.4. The molecule has 1 aliphatic rings. The topological polar surface area (TPSA) is 33.0 Å². The summed E-state index contributed by atoms with van der Waals surface area (Å²) in [6.07, 6.45) is 13.5. The number of hydrogen-bond donors (Lipinski definition) is 0. The van der Waals surface area contributed by atoms with Crippen molar-refractivity contribution in [2.75, 3.05) is 0 Å². The Labute approximate surface area is 120 Å². The van der Waals surface area contributed by atoms with Crippen LogP contribution in [-0.4, -0.2) is 13.9 Å². The first-order valence-corrected chi connectivity index (χ1v) is 11.5. The molecule has 19 heavy (non-hydrogen) atoms. The van der Waals surface area contributed by atoms with Gasteiger partial charge in [0.15, 0.2) is 8.32 Å². The number of hydrogen-bond acceptors (Lipinski definition) is 2. The molecule has 0 heterocycles. The predicted octanol–water partition coefficient (Wildman–Crippen LogP) is 5.40. The van der Waals surface area contributed by atoms with E-state index in [-0.39, 0.29) is 0 Å². The first-order chi connectivity index (χ1) is 8.97. The van der Waals surface area contributed by atoms with Crippen LogP contribution in [0.2, 0.25) is 19.6 Å². The highest BCUT2D eigenvalue weighted by Gasteiger charge is 2.35. The van der Waals surface area contributed by atoms with Crippen LogP contribution < -0.4 is 0 Å². The molecule has 2 nitrogen and oxygen atoms in total. The van der Waals surface area contributed by atoms with E-state index in [9.17, 15) is 5.26 Å². The van der Waals surface area contributed by atoms with Crippen LogP contribution in [0.3, 0.4) is 0 Å². The van der Waals surface area contributed by atoms with Gasteiger partial charge in [0.25, 0.3) is 0 Å². The number of rotatable bonds is 2. The molecular formula is C16H31NOSi. The highest BCUT2D eigenvalue weighted by molar-refractivity contribution is 6.69. The van der Waals surface area contributed by atoms with Crippen molar-refractivity contribution in [3.63, 3.8) is 0 Å². The third-order valence-electron chi connectivity index (χ3n) is 3.87. The third-order valence-corrected chi connectivity index (χ3v) is 4.87. The minimum absolute atomic E-state index is 0.482. The van der Waals surface area contributed by atoms with Crippen molar-refractivity contribution in [2.45, 2.75) is 95.9 Å². The fourth-order valence-corrected chi connectivity index (χ4v) is 4.43. The molecule has 1 rings (SSSR count). The maximum Gasteiger partial charge on any atom is 0.185 e. The van der Waals surface area contributed by atoms with Gasteiger partial charge in [0.2, 0.25) is 0 Å². The van der Waals surface area contributed by atoms with Crippen LogP contribution in [0.25, 0.3) is 0 Å². The van der Waals surface area contributed by atoms with E-state index in [1.54, 1.807) is 0 Å². The van der Waals surface area contributed by atoms with Gasteiger partial charge in [-0.25, -0.2) is 0 Å². The van der Waals surface area contributed by atoms with Crippen molar-refractivity contribution >= 4 is 8.32 Å². The summed E-state index contributed by atoms with van der Waals surface area (Å²) in [6, 6.07) is 2.54. The molecule has 0 aromatic carbocycles. The molecule has 0 N–H and O–H groups in total. The predicted molar refractivity (Wildman–Crippen MR) is 83.6 cm³/mol. The van der Waals surface area contributed by atoms with E-state index in [4.69, 9.17) is 4.43 Å². The second-order valence-electron chi connectivity index (χ2n) is 7.00. The van der Waals surface area contributed by atoms with E-state index in [2.05, 4.69) is 25.7 Å². The Kier molecular flexibility index (Phi) is 7.10. The smallest absolute Gasteiger partial charge is 0.185 e. The fraction of sp³-hybridized carbons (Fsp3) is 0.938. The molecule has 0 amide bonds. The van der Waals surface area contributed by atoms with Gasteiger partial charge in [-0.1, -0.05) is 44.9 Å². The van der Waals surface area contributed by atoms with E-state index < -0.39 is 13.9 Å². The van der Waals surface area contributed by atoms with Gasteiger partial charge in [0, 0.05) is 0 Å². The summed E-state index contributed by atoms with van der Waals surface area (Å²) in [5.41, 5.74) is -0.482. The average molecular weight is 282 g/mol. The molecule has 0 aromatic heterocycles. The van der Waals surface area contributed by atoms with Gasteiger partial charge < -0.3 is 4.43 Å². The van der Waals surface area contributed by atoms with Gasteiger partial charge in [-0.3, -0.25) is 0 Å². The molecule has 1 fully saturated rings. The zero-order valence-electron chi connectivity index (χ0n) is 13.1. The van der Waals surface area contributed by atoms with E-state index in [0.29, 0.717) is 0 Å². The van der Waals surface area contributed by atoms with Crippen LogP contribution >= 0.6 is 0 Å². The lowest BCUT2D eigenvalue weighted by atomic mass is 9.90. The highest BCUT2D eigenvalue weighted by Crippen LogP contribution is 2.30. The summed E-state index contributed by atoms with van der Waals surface area (Å²) in [4.78, 5) is 0. The second-order valence-corrected chi connectivity index (χ2v) is 11.4. The van der Waals surface area contributed by atoms with Gasteiger partial charge in [-0.15, -0.1) is 0 Å². The van der Waals surface area contributed by atoms with Crippen molar-refractivity contribution in [1.29, 1.82) is 5.26 Å². The second kappa shape index (κ2) is 8.07. The molecule has 0 saturated heterocycles. The van der Waals surface area contributed by atoms with E-state index in [0.717, 1.165) is 25.7 Å². The van der Waals surface area contributed by atoms with Crippen LogP contribution in [0.15, 0.2) is 0 Å². The zero-order valence-corrected chi connectivity index (χ0v) is 14.1. The van der Waals surface area contributed by atoms with Gasteiger partial charge in [-0.2, -0.15) is 5.26 Å². The molecule has 0 radical (unpaired) electrons. The quantitative estimate of drug-likeness (QED) is 0.634. The molecule has 0 atom stereocenters. The monoisotopic (exact) mass is 281 g/mol. The Morgan fingerprint density at radius 2 is 1.16 bits per heavy atom. The van der Waals surface area contributed by atoms with E-state index >= 15 is 0 Å². The Balaban J connectivity index is 2.64. The molecule has 0 aliphatic heterocycles. The number of nitrogens with zero attached hydrogens (tertiary/aromatic N) is 1. The Hall–Kier alpha value is -0.333. The van der Waals surface area contributed by atoms with E-state index in [1.165, 1.54) is 44.9 Å². The molecule has 0 bridgehead atoms. The summed E-state index contributed by atoms with van der Waals surface area (Å²) in [5, 5.41) is 9.66. The Bertz CT molecular complexity index is 278. The molecule has 1 aliphatic carbocycles. The summed E-state index contributed by atoms with van der Waals surface area (Å²) >= 11 is 0.